The number of carboxylic acid groups (broad SMARTS) is 1. The summed E-state index contributed by atoms with van der Waals surface area (Å²) in [5, 5.41) is 13.9. The fraction of sp³-hybridized carbons (Fsp3) is 0.385. The normalized spacial score (nSPS) is 13.3. The Balaban J connectivity index is 2.62. The van der Waals surface area contributed by atoms with Gasteiger partial charge in [-0.2, -0.15) is 0 Å². The first-order valence-corrected chi connectivity index (χ1v) is 7.69. The Bertz CT molecular complexity index is 519. The lowest BCUT2D eigenvalue weighted by Gasteiger charge is -2.13. The number of carbonyl (C=O) groups excluding carboxylic acids is 1. The maximum Gasteiger partial charge on any atom is 0.319 e. The molecule has 0 aliphatic heterocycles. The molecule has 0 fully saturated rings. The Morgan fingerprint density at radius 2 is 2.00 bits per heavy atom. The first kappa shape index (κ1) is 16.2. The summed E-state index contributed by atoms with van der Waals surface area (Å²) in [5.41, 5.74) is 0.986. The second-order valence-corrected chi connectivity index (χ2v) is 6.17. The van der Waals surface area contributed by atoms with Crippen molar-refractivity contribution in [2.24, 2.45) is 0 Å². The molecule has 6 nitrogen and oxygen atoms in total. The quantitative estimate of drug-likeness (QED) is 0.735. The topological polar surface area (TPSA) is 95.5 Å². The molecule has 3 N–H and O–H groups in total. The molecule has 0 bridgehead atoms. The Labute approximate surface area is 120 Å². The molecule has 0 aliphatic carbocycles. The molecule has 1 aromatic carbocycles. The molecule has 2 amide bonds. The summed E-state index contributed by atoms with van der Waals surface area (Å²) in [7, 11) is -1.01. The van der Waals surface area contributed by atoms with Crippen molar-refractivity contribution < 1.29 is 18.9 Å². The van der Waals surface area contributed by atoms with Crippen LogP contribution in [-0.2, 0) is 22.0 Å². The van der Waals surface area contributed by atoms with Crippen LogP contribution in [0.3, 0.4) is 0 Å². The molecule has 0 heterocycles. The third-order valence-corrected chi connectivity index (χ3v) is 4.02. The number of amides is 2. The molecule has 20 heavy (non-hydrogen) atoms. The van der Waals surface area contributed by atoms with Crippen molar-refractivity contribution in [1.29, 1.82) is 0 Å². The highest BCUT2D eigenvalue weighted by atomic mass is 32.2. The summed E-state index contributed by atoms with van der Waals surface area (Å²) >= 11 is 0. The van der Waals surface area contributed by atoms with E-state index in [1.807, 2.05) is 0 Å². The minimum atomic E-state index is -1.01. The Morgan fingerprint density at radius 3 is 2.60 bits per heavy atom. The number of urea groups is 1. The van der Waals surface area contributed by atoms with Crippen molar-refractivity contribution in [1.82, 2.24) is 5.32 Å². The highest BCUT2D eigenvalue weighted by Crippen LogP contribution is 2.15. The second-order valence-electron chi connectivity index (χ2n) is 4.37. The summed E-state index contributed by atoms with van der Waals surface area (Å²) in [6, 6.07) is 6.27. The first-order chi connectivity index (χ1) is 9.40. The molecule has 1 rings (SSSR count). The van der Waals surface area contributed by atoms with Gasteiger partial charge in [-0.3, -0.25) is 9.00 Å². The minimum absolute atomic E-state index is 0.144. The standard InChI is InChI=1S/C13H18N2O4S/c1-9(20(2)19)8-14-13(18)15-11-6-4-3-5-10(11)7-12(16)17/h3-6,9H,7-8H2,1-2H3,(H,16,17)(H2,14,15,18). The van der Waals surface area contributed by atoms with E-state index in [4.69, 9.17) is 5.11 Å². The van der Waals surface area contributed by atoms with E-state index in [2.05, 4.69) is 10.6 Å². The van der Waals surface area contributed by atoms with E-state index < -0.39 is 22.8 Å². The van der Waals surface area contributed by atoms with E-state index in [-0.39, 0.29) is 18.2 Å². The minimum Gasteiger partial charge on any atom is -0.481 e. The van der Waals surface area contributed by atoms with Crippen LogP contribution in [0.25, 0.3) is 0 Å². The average Bonchev–Trinajstić information content (AvgIpc) is 2.37. The fourth-order valence-corrected chi connectivity index (χ4v) is 1.80. The number of hydrogen-bond acceptors (Lipinski definition) is 3. The van der Waals surface area contributed by atoms with E-state index in [1.165, 1.54) is 0 Å². The fourth-order valence-electron chi connectivity index (χ4n) is 1.48. The van der Waals surface area contributed by atoms with Gasteiger partial charge in [0.15, 0.2) is 0 Å². The molecule has 1 aromatic rings. The second kappa shape index (κ2) is 7.64. The van der Waals surface area contributed by atoms with E-state index in [0.717, 1.165) is 0 Å². The molecule has 0 saturated carbocycles. The number of nitrogens with one attached hydrogen (secondary N) is 2. The van der Waals surface area contributed by atoms with Gasteiger partial charge in [-0.25, -0.2) is 4.79 Å². The summed E-state index contributed by atoms with van der Waals surface area (Å²) < 4.78 is 11.2. The number of benzene rings is 1. The molecule has 0 aromatic heterocycles. The molecule has 7 heteroatoms. The van der Waals surface area contributed by atoms with Crippen molar-refractivity contribution in [3.63, 3.8) is 0 Å². The van der Waals surface area contributed by atoms with Crippen LogP contribution in [0.2, 0.25) is 0 Å². The molecule has 110 valence electrons. The Hall–Kier alpha value is -1.89. The van der Waals surface area contributed by atoms with Crippen molar-refractivity contribution in [3.05, 3.63) is 29.8 Å². The monoisotopic (exact) mass is 298 g/mol. The number of carbonyl (C=O) groups is 2. The third-order valence-electron chi connectivity index (χ3n) is 2.72. The van der Waals surface area contributed by atoms with Gasteiger partial charge in [0.2, 0.25) is 0 Å². The van der Waals surface area contributed by atoms with Crippen molar-refractivity contribution in [2.45, 2.75) is 18.6 Å². The SMILES string of the molecule is CC(CNC(=O)Nc1ccccc1CC(=O)O)S(C)=O. The number of rotatable bonds is 6. The van der Waals surface area contributed by atoms with Crippen LogP contribution >= 0.6 is 0 Å². The van der Waals surface area contributed by atoms with E-state index in [1.54, 1.807) is 37.4 Å². The zero-order valence-electron chi connectivity index (χ0n) is 11.4. The van der Waals surface area contributed by atoms with Gasteiger partial charge in [0.1, 0.15) is 0 Å². The predicted molar refractivity (Wildman–Crippen MR) is 78.3 cm³/mol. The Morgan fingerprint density at radius 1 is 1.35 bits per heavy atom. The molecule has 0 radical (unpaired) electrons. The maximum absolute atomic E-state index is 11.7. The van der Waals surface area contributed by atoms with Crippen LogP contribution in [0.15, 0.2) is 24.3 Å². The highest BCUT2D eigenvalue weighted by Gasteiger charge is 2.11. The zero-order chi connectivity index (χ0) is 15.1. The van der Waals surface area contributed by atoms with Gasteiger partial charge >= 0.3 is 12.0 Å². The van der Waals surface area contributed by atoms with Gasteiger partial charge in [-0.15, -0.1) is 0 Å². The smallest absolute Gasteiger partial charge is 0.319 e. The van der Waals surface area contributed by atoms with Crippen molar-refractivity contribution in [3.8, 4) is 0 Å². The van der Waals surface area contributed by atoms with Crippen LogP contribution < -0.4 is 10.6 Å². The van der Waals surface area contributed by atoms with Crippen LogP contribution in [0, 0.1) is 0 Å². The summed E-state index contributed by atoms with van der Waals surface area (Å²) in [5.74, 6) is -0.963. The lowest BCUT2D eigenvalue weighted by Crippen LogP contribution is -2.35. The maximum atomic E-state index is 11.7. The molecule has 0 aliphatic rings. The van der Waals surface area contributed by atoms with Crippen LogP contribution in [0.5, 0.6) is 0 Å². The predicted octanol–water partition coefficient (Wildman–Crippen LogP) is 1.20. The number of carboxylic acids is 1. The van der Waals surface area contributed by atoms with Gasteiger partial charge in [-0.05, 0) is 18.6 Å². The average molecular weight is 298 g/mol. The molecule has 0 spiro atoms. The summed E-state index contributed by atoms with van der Waals surface area (Å²) in [6.07, 6.45) is 1.41. The molecular weight excluding hydrogens is 280 g/mol. The third kappa shape index (κ3) is 5.40. The van der Waals surface area contributed by atoms with Crippen LogP contribution in [-0.4, -0.2) is 39.4 Å². The van der Waals surface area contributed by atoms with Crippen molar-refractivity contribution >= 4 is 28.5 Å². The lowest BCUT2D eigenvalue weighted by atomic mass is 10.1. The van der Waals surface area contributed by atoms with Crippen molar-refractivity contribution in [2.75, 3.05) is 18.1 Å². The largest absolute Gasteiger partial charge is 0.481 e. The molecule has 2 atom stereocenters. The summed E-state index contributed by atoms with van der Waals surface area (Å²) in [6.45, 7) is 2.06. The Kier molecular flexibility index (Phi) is 6.17. The molecular formula is C13H18N2O4S. The van der Waals surface area contributed by atoms with Gasteiger partial charge in [-0.1, -0.05) is 18.2 Å². The number of para-hydroxylation sites is 1. The van der Waals surface area contributed by atoms with E-state index >= 15 is 0 Å². The molecule has 0 saturated heterocycles. The van der Waals surface area contributed by atoms with E-state index in [9.17, 15) is 13.8 Å². The van der Waals surface area contributed by atoms with Crippen LogP contribution in [0.4, 0.5) is 10.5 Å². The van der Waals surface area contributed by atoms with Gasteiger partial charge in [0.25, 0.3) is 0 Å². The lowest BCUT2D eigenvalue weighted by molar-refractivity contribution is -0.136. The van der Waals surface area contributed by atoms with Crippen LogP contribution in [0.1, 0.15) is 12.5 Å². The zero-order valence-corrected chi connectivity index (χ0v) is 12.2. The number of hydrogen-bond donors (Lipinski definition) is 3. The van der Waals surface area contributed by atoms with Gasteiger partial charge < -0.3 is 15.7 Å². The highest BCUT2D eigenvalue weighted by molar-refractivity contribution is 7.84. The van der Waals surface area contributed by atoms with Gasteiger partial charge in [0.05, 0.1) is 6.42 Å². The number of anilines is 1. The van der Waals surface area contributed by atoms with E-state index in [0.29, 0.717) is 11.3 Å². The summed E-state index contributed by atoms with van der Waals surface area (Å²) in [4.78, 5) is 22.4. The first-order valence-electron chi connectivity index (χ1n) is 6.07. The molecule has 2 unspecified atom stereocenters. The number of aliphatic carboxylic acids is 1. The van der Waals surface area contributed by atoms with Gasteiger partial charge in [0, 0.05) is 34.5 Å².